The third-order valence-corrected chi connectivity index (χ3v) is 7.15. The number of hydrogen-bond acceptors (Lipinski definition) is 5. The number of carbonyl (C=O) groups excluding carboxylic acids is 1. The topological polar surface area (TPSA) is 95.2 Å². The molecule has 0 atom stereocenters. The Kier molecular flexibility index (Phi) is 8.05. The summed E-state index contributed by atoms with van der Waals surface area (Å²) in [6.07, 6.45) is 5.42. The first-order chi connectivity index (χ1) is 16.5. The molecular weight excluding hydrogens is 450 g/mol. The Balaban J connectivity index is 1.25. The molecule has 0 saturated carbocycles. The first kappa shape index (κ1) is 24.5. The average Bonchev–Trinajstić information content (AvgIpc) is 3.20. The molecule has 1 amide bonds. The highest BCUT2D eigenvalue weighted by molar-refractivity contribution is 7.71. The van der Waals surface area contributed by atoms with E-state index in [9.17, 15) is 9.59 Å². The van der Waals surface area contributed by atoms with Gasteiger partial charge in [-0.3, -0.25) is 14.2 Å². The van der Waals surface area contributed by atoms with Crippen molar-refractivity contribution in [3.8, 4) is 5.75 Å². The van der Waals surface area contributed by atoms with Gasteiger partial charge in [-0.1, -0.05) is 6.92 Å². The minimum atomic E-state index is -0.148. The second-order valence-electron chi connectivity index (χ2n) is 9.36. The number of aromatic nitrogens is 3. The molecule has 1 fully saturated rings. The van der Waals surface area contributed by atoms with Crippen molar-refractivity contribution in [2.45, 2.75) is 52.0 Å². The van der Waals surface area contributed by atoms with Gasteiger partial charge in [0.15, 0.2) is 4.77 Å². The van der Waals surface area contributed by atoms with Gasteiger partial charge in [-0.25, -0.2) is 0 Å². The van der Waals surface area contributed by atoms with Crippen LogP contribution in [0.1, 0.15) is 45.4 Å². The summed E-state index contributed by atoms with van der Waals surface area (Å²) >= 11 is 5.47. The maximum atomic E-state index is 13.1. The van der Waals surface area contributed by atoms with Gasteiger partial charge in [0.1, 0.15) is 11.3 Å². The number of ether oxygens (including phenoxy) is 1. The standard InChI is InChI=1S/C25H35N5O3S/c1-17-9-14-29(15-10-17)12-5-11-26-21(31)6-3-4-13-30-24(32)23-22(28-25(30)34)19-16-18(33-2)7-8-20(19)27-23/h7-8,16-17,27H,3-6,9-15H2,1-2H3,(H,26,31)(H,28,34). The summed E-state index contributed by atoms with van der Waals surface area (Å²) in [5.74, 6) is 1.64. The zero-order valence-corrected chi connectivity index (χ0v) is 20.9. The van der Waals surface area contributed by atoms with Crippen LogP contribution in [0.25, 0.3) is 21.9 Å². The Morgan fingerprint density at radius 1 is 1.15 bits per heavy atom. The fraction of sp³-hybridized carbons (Fsp3) is 0.560. The van der Waals surface area contributed by atoms with Crippen molar-refractivity contribution in [1.82, 2.24) is 24.8 Å². The lowest BCUT2D eigenvalue weighted by Crippen LogP contribution is -2.35. The second-order valence-corrected chi connectivity index (χ2v) is 9.74. The maximum absolute atomic E-state index is 13.1. The van der Waals surface area contributed by atoms with E-state index in [0.717, 1.165) is 42.1 Å². The third-order valence-electron chi connectivity index (χ3n) is 6.83. The van der Waals surface area contributed by atoms with Crippen molar-refractivity contribution < 1.29 is 9.53 Å². The number of likely N-dealkylation sites (tertiary alicyclic amines) is 1. The normalized spacial score (nSPS) is 15.2. The molecular formula is C25H35N5O3S. The van der Waals surface area contributed by atoms with E-state index >= 15 is 0 Å². The van der Waals surface area contributed by atoms with Gasteiger partial charge in [-0.15, -0.1) is 0 Å². The van der Waals surface area contributed by atoms with Crippen molar-refractivity contribution in [2.75, 3.05) is 33.3 Å². The molecule has 0 radical (unpaired) electrons. The average molecular weight is 486 g/mol. The summed E-state index contributed by atoms with van der Waals surface area (Å²) in [5, 5.41) is 3.90. The Bertz CT molecular complexity index is 1250. The summed E-state index contributed by atoms with van der Waals surface area (Å²) < 4.78 is 7.26. The van der Waals surface area contributed by atoms with Crippen LogP contribution in [0.5, 0.6) is 5.75 Å². The molecule has 1 aliphatic heterocycles. The molecule has 2 aromatic heterocycles. The van der Waals surface area contributed by atoms with Crippen LogP contribution in [0.15, 0.2) is 23.0 Å². The smallest absolute Gasteiger partial charge is 0.278 e. The number of benzene rings is 1. The first-order valence-electron chi connectivity index (χ1n) is 12.3. The number of nitrogens with one attached hydrogen (secondary N) is 3. The number of nitrogens with zero attached hydrogens (tertiary/aromatic N) is 2. The number of rotatable bonds is 10. The minimum Gasteiger partial charge on any atom is -0.497 e. The summed E-state index contributed by atoms with van der Waals surface area (Å²) in [5.41, 5.74) is 1.89. The van der Waals surface area contributed by atoms with Crippen molar-refractivity contribution in [2.24, 2.45) is 5.92 Å². The van der Waals surface area contributed by atoms with Gasteiger partial charge in [-0.2, -0.15) is 0 Å². The number of aromatic amines is 2. The molecule has 8 nitrogen and oxygen atoms in total. The Labute approximate surface area is 204 Å². The van der Waals surface area contributed by atoms with E-state index in [1.54, 1.807) is 11.7 Å². The van der Waals surface area contributed by atoms with E-state index < -0.39 is 0 Å². The third kappa shape index (κ3) is 5.70. The SMILES string of the molecule is COc1ccc2[nH]c3c(=O)n(CCCCC(=O)NCCCN4CCC(C)CC4)c(=S)[nH]c3c2c1. The van der Waals surface area contributed by atoms with Crippen molar-refractivity contribution in [1.29, 1.82) is 0 Å². The van der Waals surface area contributed by atoms with Crippen molar-refractivity contribution in [3.05, 3.63) is 33.3 Å². The van der Waals surface area contributed by atoms with Gasteiger partial charge in [-0.05, 0) is 88.1 Å². The molecule has 0 unspecified atom stereocenters. The van der Waals surface area contributed by atoms with Crippen molar-refractivity contribution >= 4 is 40.1 Å². The summed E-state index contributed by atoms with van der Waals surface area (Å²) in [6, 6.07) is 5.62. The lowest BCUT2D eigenvalue weighted by atomic mass is 9.99. The molecule has 1 saturated heterocycles. The van der Waals surface area contributed by atoms with Crippen LogP contribution in [0, 0.1) is 10.7 Å². The number of hydrogen-bond donors (Lipinski definition) is 3. The fourth-order valence-corrected chi connectivity index (χ4v) is 4.93. The molecule has 3 N–H and O–H groups in total. The molecule has 34 heavy (non-hydrogen) atoms. The van der Waals surface area contributed by atoms with Crippen LogP contribution >= 0.6 is 12.2 Å². The van der Waals surface area contributed by atoms with Gasteiger partial charge < -0.3 is 24.9 Å². The highest BCUT2D eigenvalue weighted by Gasteiger charge is 2.15. The van der Waals surface area contributed by atoms with Gasteiger partial charge in [0.25, 0.3) is 5.56 Å². The van der Waals surface area contributed by atoms with E-state index in [4.69, 9.17) is 17.0 Å². The molecule has 184 valence electrons. The van der Waals surface area contributed by atoms with Crippen molar-refractivity contribution in [3.63, 3.8) is 0 Å². The molecule has 3 aromatic rings. The predicted molar refractivity (Wildman–Crippen MR) is 138 cm³/mol. The number of H-pyrrole nitrogens is 2. The van der Waals surface area contributed by atoms with E-state index in [2.05, 4.69) is 27.1 Å². The molecule has 1 aliphatic rings. The Hall–Kier alpha value is -2.65. The highest BCUT2D eigenvalue weighted by Crippen LogP contribution is 2.26. The Morgan fingerprint density at radius 3 is 2.71 bits per heavy atom. The number of unbranched alkanes of at least 4 members (excludes halogenated alkanes) is 1. The minimum absolute atomic E-state index is 0.0739. The zero-order chi connectivity index (χ0) is 24.1. The number of amides is 1. The largest absolute Gasteiger partial charge is 0.497 e. The van der Waals surface area contributed by atoms with E-state index in [1.807, 2.05) is 18.2 Å². The van der Waals surface area contributed by atoms with Gasteiger partial charge >= 0.3 is 0 Å². The molecule has 0 bridgehead atoms. The summed E-state index contributed by atoms with van der Waals surface area (Å²) in [7, 11) is 1.61. The molecule has 9 heteroatoms. The summed E-state index contributed by atoms with van der Waals surface area (Å²) in [4.78, 5) is 34.1. The summed E-state index contributed by atoms with van der Waals surface area (Å²) in [6.45, 7) is 6.92. The molecule has 0 spiro atoms. The first-order valence-corrected chi connectivity index (χ1v) is 12.7. The van der Waals surface area contributed by atoms with Gasteiger partial charge in [0.05, 0.1) is 12.6 Å². The Morgan fingerprint density at radius 2 is 1.94 bits per heavy atom. The predicted octanol–water partition coefficient (Wildman–Crippen LogP) is 3.96. The number of fused-ring (bicyclic) bond motifs is 3. The quantitative estimate of drug-likeness (QED) is 0.298. The molecule has 0 aliphatic carbocycles. The van der Waals surface area contributed by atoms with Crippen LogP contribution in [0.2, 0.25) is 0 Å². The maximum Gasteiger partial charge on any atom is 0.278 e. The van der Waals surface area contributed by atoms with Gasteiger partial charge in [0, 0.05) is 30.4 Å². The second kappa shape index (κ2) is 11.2. The van der Waals surface area contributed by atoms with E-state index in [1.165, 1.54) is 25.9 Å². The van der Waals surface area contributed by atoms with Crippen LogP contribution in [-0.2, 0) is 11.3 Å². The van der Waals surface area contributed by atoms with E-state index in [-0.39, 0.29) is 11.5 Å². The lowest BCUT2D eigenvalue weighted by molar-refractivity contribution is -0.121. The molecule has 3 heterocycles. The highest BCUT2D eigenvalue weighted by atomic mass is 32.1. The number of methoxy groups -OCH3 is 1. The van der Waals surface area contributed by atoms with Crippen LogP contribution in [-0.4, -0.2) is 58.6 Å². The number of carbonyl (C=O) groups is 1. The van der Waals surface area contributed by atoms with Crippen LogP contribution in [0.3, 0.4) is 0 Å². The van der Waals surface area contributed by atoms with Crippen LogP contribution < -0.4 is 15.6 Å². The molecule has 1 aromatic carbocycles. The lowest BCUT2D eigenvalue weighted by Gasteiger charge is -2.30. The van der Waals surface area contributed by atoms with Gasteiger partial charge in [0.2, 0.25) is 5.91 Å². The van der Waals surface area contributed by atoms with E-state index in [0.29, 0.717) is 41.6 Å². The fourth-order valence-electron chi connectivity index (χ4n) is 4.65. The number of piperidine rings is 1. The molecule has 4 rings (SSSR count). The van der Waals surface area contributed by atoms with Crippen LogP contribution in [0.4, 0.5) is 0 Å². The zero-order valence-electron chi connectivity index (χ0n) is 20.1. The monoisotopic (exact) mass is 485 g/mol.